The number of likely N-dealkylation sites (tertiary alicyclic amines) is 1. The first-order chi connectivity index (χ1) is 13.1. The van der Waals surface area contributed by atoms with Crippen molar-refractivity contribution in [1.29, 1.82) is 0 Å². The van der Waals surface area contributed by atoms with Gasteiger partial charge < -0.3 is 14.9 Å². The van der Waals surface area contributed by atoms with Crippen LogP contribution in [0.3, 0.4) is 0 Å². The predicted octanol–water partition coefficient (Wildman–Crippen LogP) is 3.50. The highest BCUT2D eigenvalue weighted by Gasteiger charge is 2.36. The minimum absolute atomic E-state index is 0.0519. The second-order valence-electron chi connectivity index (χ2n) is 7.51. The monoisotopic (exact) mass is 366 g/mol. The van der Waals surface area contributed by atoms with Gasteiger partial charge in [0.15, 0.2) is 0 Å². The first kappa shape index (κ1) is 19.6. The van der Waals surface area contributed by atoms with Crippen molar-refractivity contribution in [2.45, 2.75) is 38.2 Å². The Morgan fingerprint density at radius 2 is 1.78 bits per heavy atom. The maximum atomic E-state index is 12.5. The number of anilines is 1. The molecule has 2 aromatic rings. The Hall–Kier alpha value is -2.17. The number of carbonyl (C=O) groups is 1. The Morgan fingerprint density at radius 3 is 2.44 bits per heavy atom. The molecule has 1 atom stereocenters. The summed E-state index contributed by atoms with van der Waals surface area (Å²) in [5, 5.41) is 11.3. The molecular formula is C23H30N2O2. The maximum Gasteiger partial charge on any atom is 0.226 e. The number of hydrogen-bond donors (Lipinski definition) is 1. The molecule has 1 aliphatic rings. The van der Waals surface area contributed by atoms with Gasteiger partial charge in [-0.25, -0.2) is 0 Å². The second kappa shape index (κ2) is 9.16. The van der Waals surface area contributed by atoms with E-state index in [1.807, 2.05) is 43.3 Å². The van der Waals surface area contributed by atoms with E-state index in [1.165, 1.54) is 5.56 Å². The third kappa shape index (κ3) is 5.41. The van der Waals surface area contributed by atoms with Crippen LogP contribution in [0.5, 0.6) is 0 Å². The van der Waals surface area contributed by atoms with Crippen LogP contribution in [0.15, 0.2) is 60.7 Å². The average molecular weight is 367 g/mol. The predicted molar refractivity (Wildman–Crippen MR) is 110 cm³/mol. The molecule has 1 unspecified atom stereocenters. The molecule has 0 radical (unpaired) electrons. The van der Waals surface area contributed by atoms with E-state index < -0.39 is 5.60 Å². The number of amides is 1. The van der Waals surface area contributed by atoms with Crippen LogP contribution in [-0.4, -0.2) is 47.7 Å². The lowest BCUT2D eigenvalue weighted by Crippen LogP contribution is -2.55. The molecule has 2 aromatic carbocycles. The Labute approximate surface area is 162 Å². The van der Waals surface area contributed by atoms with Crippen LogP contribution in [0.2, 0.25) is 0 Å². The van der Waals surface area contributed by atoms with Crippen LogP contribution >= 0.6 is 0 Å². The lowest BCUT2D eigenvalue weighted by molar-refractivity contribution is -0.119. The van der Waals surface area contributed by atoms with Crippen molar-refractivity contribution in [3.8, 4) is 0 Å². The first-order valence-corrected chi connectivity index (χ1v) is 9.94. The normalized spacial score (nSPS) is 20.4. The molecule has 1 saturated heterocycles. The van der Waals surface area contributed by atoms with Gasteiger partial charge in [0.2, 0.25) is 5.91 Å². The Kier molecular flexibility index (Phi) is 6.64. The van der Waals surface area contributed by atoms with Crippen molar-refractivity contribution in [2.75, 3.05) is 31.1 Å². The molecule has 1 amide bonds. The molecule has 144 valence electrons. The van der Waals surface area contributed by atoms with Crippen molar-refractivity contribution in [3.05, 3.63) is 66.2 Å². The largest absolute Gasteiger partial charge is 0.387 e. The molecule has 1 fully saturated rings. The van der Waals surface area contributed by atoms with E-state index in [0.29, 0.717) is 19.5 Å². The van der Waals surface area contributed by atoms with Gasteiger partial charge in [-0.2, -0.15) is 0 Å². The highest BCUT2D eigenvalue weighted by Crippen LogP contribution is 2.26. The van der Waals surface area contributed by atoms with Crippen molar-refractivity contribution in [3.63, 3.8) is 0 Å². The number of carbonyl (C=O) groups excluding carboxylic acids is 1. The smallest absolute Gasteiger partial charge is 0.226 e. The maximum absolute atomic E-state index is 12.5. The highest BCUT2D eigenvalue weighted by atomic mass is 16.3. The quantitative estimate of drug-likeness (QED) is 0.816. The van der Waals surface area contributed by atoms with E-state index in [1.54, 1.807) is 4.90 Å². The standard InChI is InChI=1S/C23H30N2O2/c1-2-22(26)25(21-12-7-4-8-13-21)19-23(27)15-9-16-24(18-23)17-14-20-10-5-3-6-11-20/h3-8,10-13,27H,2,9,14-19H2,1H3. The number of hydrogen-bond acceptors (Lipinski definition) is 3. The van der Waals surface area contributed by atoms with Crippen LogP contribution in [0.1, 0.15) is 31.7 Å². The fourth-order valence-electron chi connectivity index (χ4n) is 3.87. The van der Waals surface area contributed by atoms with Gasteiger partial charge in [0.25, 0.3) is 0 Å². The molecule has 0 bridgehead atoms. The first-order valence-electron chi connectivity index (χ1n) is 9.94. The summed E-state index contributed by atoms with van der Waals surface area (Å²) in [6.45, 7) is 4.77. The molecular weight excluding hydrogens is 336 g/mol. The van der Waals surface area contributed by atoms with Gasteiger partial charge in [-0.1, -0.05) is 55.5 Å². The van der Waals surface area contributed by atoms with Crippen molar-refractivity contribution >= 4 is 11.6 Å². The zero-order chi connectivity index (χ0) is 19.1. The van der Waals surface area contributed by atoms with E-state index in [4.69, 9.17) is 0 Å². The van der Waals surface area contributed by atoms with Gasteiger partial charge in [0.05, 0.1) is 12.1 Å². The number of aliphatic hydroxyl groups is 1. The summed E-state index contributed by atoms with van der Waals surface area (Å²) >= 11 is 0. The van der Waals surface area contributed by atoms with Gasteiger partial charge in [-0.3, -0.25) is 4.79 Å². The lowest BCUT2D eigenvalue weighted by Gasteiger charge is -2.42. The highest BCUT2D eigenvalue weighted by molar-refractivity contribution is 5.93. The van der Waals surface area contributed by atoms with Gasteiger partial charge >= 0.3 is 0 Å². The lowest BCUT2D eigenvalue weighted by atomic mass is 9.91. The van der Waals surface area contributed by atoms with Crippen molar-refractivity contribution < 1.29 is 9.90 Å². The molecule has 1 aliphatic heterocycles. The number of para-hydroxylation sites is 1. The molecule has 0 spiro atoms. The Morgan fingerprint density at radius 1 is 1.11 bits per heavy atom. The number of rotatable bonds is 7. The van der Waals surface area contributed by atoms with Crippen LogP contribution in [-0.2, 0) is 11.2 Å². The summed E-state index contributed by atoms with van der Waals surface area (Å²) in [5.41, 5.74) is 1.31. The molecule has 0 saturated carbocycles. The average Bonchev–Trinajstić information content (AvgIpc) is 2.71. The number of benzene rings is 2. The zero-order valence-electron chi connectivity index (χ0n) is 16.2. The van der Waals surface area contributed by atoms with Crippen molar-refractivity contribution in [1.82, 2.24) is 4.90 Å². The molecule has 27 heavy (non-hydrogen) atoms. The van der Waals surface area contributed by atoms with Crippen molar-refractivity contribution in [2.24, 2.45) is 0 Å². The van der Waals surface area contributed by atoms with E-state index >= 15 is 0 Å². The van der Waals surface area contributed by atoms with Gasteiger partial charge in [0, 0.05) is 25.2 Å². The summed E-state index contributed by atoms with van der Waals surface area (Å²) in [5.74, 6) is 0.0519. The topological polar surface area (TPSA) is 43.8 Å². The second-order valence-corrected chi connectivity index (χ2v) is 7.51. The molecule has 3 rings (SSSR count). The van der Waals surface area contributed by atoms with Crippen LogP contribution in [0, 0.1) is 0 Å². The number of nitrogens with zero attached hydrogens (tertiary/aromatic N) is 2. The Balaban J connectivity index is 1.65. The third-order valence-corrected chi connectivity index (χ3v) is 5.32. The summed E-state index contributed by atoms with van der Waals surface area (Å²) in [6, 6.07) is 20.1. The van der Waals surface area contributed by atoms with E-state index in [2.05, 4.69) is 29.2 Å². The molecule has 1 heterocycles. The summed E-state index contributed by atoms with van der Waals surface area (Å²) in [4.78, 5) is 16.6. The summed E-state index contributed by atoms with van der Waals surface area (Å²) < 4.78 is 0. The minimum Gasteiger partial charge on any atom is -0.387 e. The molecule has 0 aliphatic carbocycles. The van der Waals surface area contributed by atoms with E-state index in [-0.39, 0.29) is 5.91 Å². The molecule has 0 aromatic heterocycles. The SMILES string of the molecule is CCC(=O)N(CC1(O)CCCN(CCc2ccccc2)C1)c1ccccc1. The van der Waals surface area contributed by atoms with Gasteiger partial charge in [-0.05, 0) is 43.5 Å². The summed E-state index contributed by atoms with van der Waals surface area (Å²) in [6.07, 6.45) is 3.10. The Bertz CT molecular complexity index is 720. The summed E-state index contributed by atoms with van der Waals surface area (Å²) in [7, 11) is 0. The van der Waals surface area contributed by atoms with Gasteiger partial charge in [-0.15, -0.1) is 0 Å². The van der Waals surface area contributed by atoms with E-state index in [0.717, 1.165) is 38.0 Å². The van der Waals surface area contributed by atoms with E-state index in [9.17, 15) is 9.90 Å². The molecule has 4 nitrogen and oxygen atoms in total. The zero-order valence-corrected chi connectivity index (χ0v) is 16.2. The molecule has 4 heteroatoms. The fourth-order valence-corrected chi connectivity index (χ4v) is 3.87. The van der Waals surface area contributed by atoms with Crippen LogP contribution in [0.4, 0.5) is 5.69 Å². The van der Waals surface area contributed by atoms with Crippen LogP contribution < -0.4 is 4.90 Å². The van der Waals surface area contributed by atoms with Gasteiger partial charge in [0.1, 0.15) is 0 Å². The van der Waals surface area contributed by atoms with Crippen LogP contribution in [0.25, 0.3) is 0 Å². The minimum atomic E-state index is -0.865. The molecule has 1 N–H and O–H groups in total. The number of piperidine rings is 1. The third-order valence-electron chi connectivity index (χ3n) is 5.32. The number of β-amino-alcohol motifs (C(OH)–C–C–N with tert-alkyl or cyclic N) is 1. The fraction of sp³-hybridized carbons (Fsp3) is 0.435.